The minimum absolute atomic E-state index is 0.0773. The van der Waals surface area contributed by atoms with Gasteiger partial charge in [-0.25, -0.2) is 0 Å². The van der Waals surface area contributed by atoms with Crippen LogP contribution in [-0.2, 0) is 23.9 Å². The monoisotopic (exact) mass is 474 g/mol. The smallest absolute Gasteiger partial charge is 0.312 e. The second kappa shape index (κ2) is 8.15. The molecule has 0 aromatic heterocycles. The van der Waals surface area contributed by atoms with E-state index in [2.05, 4.69) is 21.2 Å². The second-order valence-corrected chi connectivity index (χ2v) is 9.99. The number of nitrogens with one attached hydrogen (secondary N) is 1. The fourth-order valence-corrected chi connectivity index (χ4v) is 6.16. The molecule has 9 heteroatoms. The first-order valence-electron chi connectivity index (χ1n) is 10.3. The van der Waals surface area contributed by atoms with E-state index in [0.29, 0.717) is 6.42 Å². The van der Waals surface area contributed by atoms with Gasteiger partial charge in [-0.05, 0) is 33.1 Å². The summed E-state index contributed by atoms with van der Waals surface area (Å²) in [5.74, 6) is -2.76. The van der Waals surface area contributed by atoms with Gasteiger partial charge in [-0.15, -0.1) is 0 Å². The van der Waals surface area contributed by atoms with Crippen molar-refractivity contribution in [3.8, 4) is 0 Å². The Morgan fingerprint density at radius 3 is 2.55 bits per heavy atom. The molecule has 3 aliphatic rings. The van der Waals surface area contributed by atoms with Gasteiger partial charge in [-0.2, -0.15) is 0 Å². The molecule has 7 atom stereocenters. The van der Waals surface area contributed by atoms with E-state index in [9.17, 15) is 19.5 Å². The van der Waals surface area contributed by atoms with E-state index in [-0.39, 0.29) is 41.8 Å². The predicted octanol–water partition coefficient (Wildman–Crippen LogP) is 0.839. The first-order valence-corrected chi connectivity index (χ1v) is 11.2. The fourth-order valence-electron chi connectivity index (χ4n) is 5.22. The standard InChI is InChI=1S/C20H31BrN2O6/c1-6-28-19(27)13-14-18(26)23(12(8-24)9(2)3)16(17(25)22-10(4)5)20(14)7-11(21)15(13)29-20/h9-16,24H,6-8H2,1-5H3,(H,22,25)/t11?,12-,13+,14-,15+,16?,20?/m0/s1. The largest absolute Gasteiger partial charge is 0.466 e. The summed E-state index contributed by atoms with van der Waals surface area (Å²) in [4.78, 5) is 41.0. The van der Waals surface area contributed by atoms with Crippen LogP contribution in [0.25, 0.3) is 0 Å². The average Bonchev–Trinajstić information content (AvgIpc) is 3.19. The number of aliphatic hydroxyl groups excluding tert-OH is 1. The molecular weight excluding hydrogens is 444 g/mol. The van der Waals surface area contributed by atoms with Crippen LogP contribution in [-0.4, -0.2) is 75.7 Å². The zero-order valence-corrected chi connectivity index (χ0v) is 19.1. The summed E-state index contributed by atoms with van der Waals surface area (Å²) < 4.78 is 11.6. The van der Waals surface area contributed by atoms with E-state index in [1.54, 1.807) is 6.92 Å². The number of rotatable bonds is 7. The van der Waals surface area contributed by atoms with E-state index in [1.807, 2.05) is 27.7 Å². The third-order valence-electron chi connectivity index (χ3n) is 6.28. The molecule has 164 valence electrons. The molecule has 2 bridgehead atoms. The van der Waals surface area contributed by atoms with Gasteiger partial charge in [0, 0.05) is 10.9 Å². The van der Waals surface area contributed by atoms with Crippen molar-refractivity contribution < 1.29 is 29.0 Å². The van der Waals surface area contributed by atoms with Gasteiger partial charge in [-0.3, -0.25) is 14.4 Å². The van der Waals surface area contributed by atoms with Crippen LogP contribution in [0.1, 0.15) is 41.0 Å². The van der Waals surface area contributed by atoms with E-state index in [1.165, 1.54) is 4.90 Å². The number of nitrogens with zero attached hydrogens (tertiary/aromatic N) is 1. The normalized spacial score (nSPS) is 36.7. The Morgan fingerprint density at radius 2 is 2.03 bits per heavy atom. The molecule has 8 nitrogen and oxygen atoms in total. The first kappa shape index (κ1) is 22.5. The maximum absolute atomic E-state index is 13.6. The molecule has 3 saturated heterocycles. The Hall–Kier alpha value is -1.19. The average molecular weight is 475 g/mol. The number of carbonyl (C=O) groups is 3. The van der Waals surface area contributed by atoms with Crippen molar-refractivity contribution in [2.75, 3.05) is 13.2 Å². The van der Waals surface area contributed by atoms with Crippen LogP contribution in [0.15, 0.2) is 0 Å². The number of esters is 1. The summed E-state index contributed by atoms with van der Waals surface area (Å²) in [5, 5.41) is 12.9. The van der Waals surface area contributed by atoms with Gasteiger partial charge in [0.1, 0.15) is 11.6 Å². The number of halogens is 1. The lowest BCUT2D eigenvalue weighted by Crippen LogP contribution is -2.59. The van der Waals surface area contributed by atoms with E-state index in [4.69, 9.17) is 9.47 Å². The van der Waals surface area contributed by atoms with Crippen molar-refractivity contribution in [3.05, 3.63) is 0 Å². The van der Waals surface area contributed by atoms with Gasteiger partial charge in [0.15, 0.2) is 0 Å². The van der Waals surface area contributed by atoms with Gasteiger partial charge >= 0.3 is 5.97 Å². The van der Waals surface area contributed by atoms with Crippen LogP contribution in [0.2, 0.25) is 0 Å². The quantitative estimate of drug-likeness (QED) is 0.418. The van der Waals surface area contributed by atoms with Gasteiger partial charge in [0.05, 0.1) is 37.2 Å². The lowest BCUT2D eigenvalue weighted by molar-refractivity contribution is -0.155. The molecule has 2 amide bonds. The molecule has 0 aromatic carbocycles. The third-order valence-corrected chi connectivity index (χ3v) is 7.12. The SMILES string of the molecule is CCOC(=O)[C@H]1[C@@H]2OC3(CC2Br)C(C(=O)NC(C)C)N([C@@H](CO)C(C)C)C(=O)[C@H]13. The Balaban J connectivity index is 2.10. The van der Waals surface area contributed by atoms with E-state index >= 15 is 0 Å². The molecule has 3 fully saturated rings. The summed E-state index contributed by atoms with van der Waals surface area (Å²) in [6, 6.07) is -1.59. The summed E-state index contributed by atoms with van der Waals surface area (Å²) in [6.45, 7) is 9.13. The number of fused-ring (bicyclic) bond motifs is 1. The molecule has 3 aliphatic heterocycles. The lowest BCUT2D eigenvalue weighted by Gasteiger charge is -2.38. The number of alkyl halides is 1. The number of likely N-dealkylation sites (tertiary alicyclic amines) is 1. The minimum atomic E-state index is -1.12. The van der Waals surface area contributed by atoms with Crippen molar-refractivity contribution in [1.82, 2.24) is 10.2 Å². The van der Waals surface area contributed by atoms with Crippen molar-refractivity contribution >= 4 is 33.7 Å². The highest BCUT2D eigenvalue weighted by Gasteiger charge is 2.77. The Morgan fingerprint density at radius 1 is 1.38 bits per heavy atom. The molecule has 1 spiro atoms. The molecule has 29 heavy (non-hydrogen) atoms. The zero-order chi connectivity index (χ0) is 21.7. The number of aliphatic hydroxyl groups is 1. The van der Waals surface area contributed by atoms with Crippen molar-refractivity contribution in [3.63, 3.8) is 0 Å². The highest BCUT2D eigenvalue weighted by Crippen LogP contribution is 2.60. The van der Waals surface area contributed by atoms with Crippen LogP contribution >= 0.6 is 15.9 Å². The van der Waals surface area contributed by atoms with Crippen LogP contribution in [0, 0.1) is 17.8 Å². The maximum atomic E-state index is 13.6. The summed E-state index contributed by atoms with van der Waals surface area (Å²) >= 11 is 3.59. The van der Waals surface area contributed by atoms with Crippen LogP contribution in [0.3, 0.4) is 0 Å². The lowest BCUT2D eigenvalue weighted by atomic mass is 9.70. The Bertz CT molecular complexity index is 686. The van der Waals surface area contributed by atoms with Gasteiger partial charge in [-0.1, -0.05) is 29.8 Å². The predicted molar refractivity (Wildman–Crippen MR) is 108 cm³/mol. The minimum Gasteiger partial charge on any atom is -0.466 e. The first-order chi connectivity index (χ1) is 13.6. The van der Waals surface area contributed by atoms with Crippen molar-refractivity contribution in [2.45, 2.75) is 75.7 Å². The van der Waals surface area contributed by atoms with Crippen molar-refractivity contribution in [2.24, 2.45) is 17.8 Å². The number of hydrogen-bond acceptors (Lipinski definition) is 6. The number of hydrogen-bond donors (Lipinski definition) is 2. The van der Waals surface area contributed by atoms with E-state index < -0.39 is 41.6 Å². The van der Waals surface area contributed by atoms with Gasteiger partial charge < -0.3 is 24.8 Å². The topological polar surface area (TPSA) is 105 Å². The number of carbonyl (C=O) groups excluding carboxylic acids is 3. The molecule has 0 aromatic rings. The fraction of sp³-hybridized carbons (Fsp3) is 0.850. The molecule has 0 radical (unpaired) electrons. The maximum Gasteiger partial charge on any atom is 0.312 e. The zero-order valence-electron chi connectivity index (χ0n) is 17.6. The highest BCUT2D eigenvalue weighted by atomic mass is 79.9. The number of amides is 2. The molecule has 3 unspecified atom stereocenters. The molecule has 2 N–H and O–H groups in total. The summed E-state index contributed by atoms with van der Waals surface area (Å²) in [5.41, 5.74) is -1.12. The van der Waals surface area contributed by atoms with E-state index in [0.717, 1.165) is 0 Å². The molecule has 0 saturated carbocycles. The van der Waals surface area contributed by atoms with Gasteiger partial charge in [0.25, 0.3) is 0 Å². The molecule has 3 rings (SSSR count). The summed E-state index contributed by atoms with van der Waals surface area (Å²) in [6.07, 6.45) is -0.0847. The molecule has 3 heterocycles. The highest BCUT2D eigenvalue weighted by molar-refractivity contribution is 9.09. The van der Waals surface area contributed by atoms with Gasteiger partial charge in [0.2, 0.25) is 11.8 Å². The Labute approximate surface area is 179 Å². The van der Waals surface area contributed by atoms with Crippen LogP contribution < -0.4 is 5.32 Å². The van der Waals surface area contributed by atoms with Crippen molar-refractivity contribution in [1.29, 1.82) is 0 Å². The Kier molecular flexibility index (Phi) is 6.32. The van der Waals surface area contributed by atoms with Crippen LogP contribution in [0.4, 0.5) is 0 Å². The summed E-state index contributed by atoms with van der Waals surface area (Å²) in [7, 11) is 0. The number of ether oxygens (including phenoxy) is 2. The third kappa shape index (κ3) is 3.39. The van der Waals surface area contributed by atoms with Crippen LogP contribution in [0.5, 0.6) is 0 Å². The molecular formula is C20H31BrN2O6. The second-order valence-electron chi connectivity index (χ2n) is 8.82. The molecule has 0 aliphatic carbocycles.